The molecular formula is C25H35N5O2. The Bertz CT molecular complexity index is 971. The lowest BCUT2D eigenvalue weighted by Gasteiger charge is -2.30. The van der Waals surface area contributed by atoms with Crippen LogP contribution in [-0.4, -0.2) is 50.5 Å². The number of piperidine rings is 1. The molecule has 7 nitrogen and oxygen atoms in total. The van der Waals surface area contributed by atoms with Crippen LogP contribution in [0, 0.1) is 17.8 Å². The third-order valence-corrected chi connectivity index (χ3v) is 8.60. The van der Waals surface area contributed by atoms with Crippen molar-refractivity contribution in [3.63, 3.8) is 0 Å². The lowest BCUT2D eigenvalue weighted by Crippen LogP contribution is -2.29. The Morgan fingerprint density at radius 1 is 1.19 bits per heavy atom. The molecule has 2 atom stereocenters. The number of likely N-dealkylation sites (tertiary alicyclic amines) is 1. The van der Waals surface area contributed by atoms with E-state index in [1.54, 1.807) is 13.2 Å². The molecule has 0 bridgehead atoms. The molecule has 7 heteroatoms. The molecule has 0 radical (unpaired) electrons. The van der Waals surface area contributed by atoms with Crippen LogP contribution in [0.3, 0.4) is 0 Å². The van der Waals surface area contributed by atoms with Crippen LogP contribution in [0.4, 0.5) is 0 Å². The van der Waals surface area contributed by atoms with Gasteiger partial charge in [0.1, 0.15) is 11.5 Å². The van der Waals surface area contributed by atoms with Crippen molar-refractivity contribution in [2.75, 3.05) is 19.6 Å². The van der Waals surface area contributed by atoms with Crippen molar-refractivity contribution < 1.29 is 9.32 Å². The van der Waals surface area contributed by atoms with Crippen molar-refractivity contribution in [1.29, 1.82) is 0 Å². The SMILES string of the molecule is Cn1ncc(CC(=O)CC2CCC(CCN3C[C@@H]4C[C@]4(c4cc(C5CC5)on4)C3)CC2)n1. The largest absolute Gasteiger partial charge is 0.361 e. The van der Waals surface area contributed by atoms with Crippen LogP contribution in [0.1, 0.15) is 80.9 Å². The van der Waals surface area contributed by atoms with Gasteiger partial charge >= 0.3 is 0 Å². The number of carbonyl (C=O) groups excluding carboxylic acids is 1. The van der Waals surface area contributed by atoms with E-state index < -0.39 is 0 Å². The molecule has 4 aliphatic rings. The van der Waals surface area contributed by atoms with Crippen molar-refractivity contribution >= 4 is 5.78 Å². The van der Waals surface area contributed by atoms with Crippen LogP contribution in [0.2, 0.25) is 0 Å². The highest BCUT2D eigenvalue weighted by molar-refractivity contribution is 5.80. The molecule has 1 aliphatic heterocycles. The molecule has 3 aliphatic carbocycles. The molecule has 32 heavy (non-hydrogen) atoms. The van der Waals surface area contributed by atoms with Gasteiger partial charge in [-0.25, -0.2) is 0 Å². The van der Waals surface area contributed by atoms with Crippen LogP contribution in [0.15, 0.2) is 16.8 Å². The van der Waals surface area contributed by atoms with Gasteiger partial charge in [-0.1, -0.05) is 18.0 Å². The fourth-order valence-electron chi connectivity index (χ4n) is 6.39. The highest BCUT2D eigenvalue weighted by atomic mass is 16.5. The average molecular weight is 438 g/mol. The summed E-state index contributed by atoms with van der Waals surface area (Å²) in [5.74, 6) is 4.27. The van der Waals surface area contributed by atoms with E-state index in [0.717, 1.165) is 23.3 Å². The average Bonchev–Trinajstić information content (AvgIpc) is 3.59. The predicted molar refractivity (Wildman–Crippen MR) is 119 cm³/mol. The molecule has 172 valence electrons. The number of rotatable bonds is 9. The molecule has 0 spiro atoms. The van der Waals surface area contributed by atoms with Crippen LogP contribution >= 0.6 is 0 Å². The molecule has 2 aromatic heterocycles. The first-order valence-electron chi connectivity index (χ1n) is 12.6. The van der Waals surface area contributed by atoms with E-state index in [9.17, 15) is 4.79 Å². The van der Waals surface area contributed by atoms with Gasteiger partial charge in [-0.05, 0) is 62.8 Å². The maximum atomic E-state index is 12.4. The van der Waals surface area contributed by atoms with Gasteiger partial charge in [0.2, 0.25) is 0 Å². The zero-order valence-corrected chi connectivity index (χ0v) is 19.2. The summed E-state index contributed by atoms with van der Waals surface area (Å²) in [5, 5.41) is 12.8. The number of aromatic nitrogens is 4. The number of hydrogen-bond acceptors (Lipinski definition) is 6. The van der Waals surface area contributed by atoms with Crippen molar-refractivity contribution in [3.05, 3.63) is 29.4 Å². The van der Waals surface area contributed by atoms with Crippen molar-refractivity contribution in [1.82, 2.24) is 25.1 Å². The number of ketones is 1. The highest BCUT2D eigenvalue weighted by Gasteiger charge is 2.62. The standard InChI is InChI=1S/C25H35N5O2/c1-29-26-14-21(27-29)11-22(31)10-18-4-2-17(3-5-18)8-9-30-15-20-13-25(20,16-30)24-12-23(32-28-24)19-6-7-19/h12,14,17-20H,2-11,13,15-16H2,1H3/t17?,18?,20-,25-/m0/s1. The summed E-state index contributed by atoms with van der Waals surface area (Å²) in [4.78, 5) is 16.6. The van der Waals surface area contributed by atoms with Gasteiger partial charge in [0.15, 0.2) is 0 Å². The van der Waals surface area contributed by atoms with Crippen LogP contribution in [0.25, 0.3) is 0 Å². The van der Waals surface area contributed by atoms with Gasteiger partial charge in [0.05, 0.1) is 24.0 Å². The van der Waals surface area contributed by atoms with E-state index in [-0.39, 0.29) is 0 Å². The Kier molecular flexibility index (Phi) is 5.20. The van der Waals surface area contributed by atoms with Crippen molar-refractivity contribution in [2.45, 2.75) is 75.5 Å². The summed E-state index contributed by atoms with van der Waals surface area (Å²) < 4.78 is 5.65. The maximum Gasteiger partial charge on any atom is 0.140 e. The molecular weight excluding hydrogens is 402 g/mol. The summed E-state index contributed by atoms with van der Waals surface area (Å²) in [6.07, 6.45) is 12.9. The van der Waals surface area contributed by atoms with Crippen LogP contribution in [-0.2, 0) is 23.7 Å². The van der Waals surface area contributed by atoms with Gasteiger partial charge in [-0.15, -0.1) is 0 Å². The Hall–Kier alpha value is -2.02. The lowest BCUT2D eigenvalue weighted by atomic mass is 9.78. The molecule has 2 aromatic rings. The van der Waals surface area contributed by atoms with Gasteiger partial charge in [0, 0.05) is 44.0 Å². The van der Waals surface area contributed by atoms with Crippen molar-refractivity contribution in [3.8, 4) is 0 Å². The fraction of sp³-hybridized carbons (Fsp3) is 0.760. The van der Waals surface area contributed by atoms with Crippen LogP contribution in [0.5, 0.6) is 0 Å². The second-order valence-corrected chi connectivity index (χ2v) is 11.1. The summed E-state index contributed by atoms with van der Waals surface area (Å²) in [6, 6.07) is 2.27. The monoisotopic (exact) mass is 437 g/mol. The normalized spacial score (nSPS) is 32.2. The Morgan fingerprint density at radius 3 is 2.75 bits per heavy atom. The van der Waals surface area contributed by atoms with E-state index >= 15 is 0 Å². The fourth-order valence-corrected chi connectivity index (χ4v) is 6.39. The summed E-state index contributed by atoms with van der Waals surface area (Å²) in [5.41, 5.74) is 2.33. The smallest absolute Gasteiger partial charge is 0.140 e. The molecule has 6 rings (SSSR count). The number of carbonyl (C=O) groups is 1. The van der Waals surface area contributed by atoms with Gasteiger partial charge < -0.3 is 9.42 Å². The van der Waals surface area contributed by atoms with E-state index in [0.29, 0.717) is 35.9 Å². The third kappa shape index (κ3) is 4.16. The van der Waals surface area contributed by atoms with E-state index in [1.807, 2.05) is 0 Å². The molecule has 3 saturated carbocycles. The van der Waals surface area contributed by atoms with E-state index in [2.05, 4.69) is 26.3 Å². The molecule has 0 N–H and O–H groups in total. The topological polar surface area (TPSA) is 77.0 Å². The minimum Gasteiger partial charge on any atom is -0.361 e. The van der Waals surface area contributed by atoms with Gasteiger partial charge in [0.25, 0.3) is 0 Å². The lowest BCUT2D eigenvalue weighted by molar-refractivity contribution is -0.119. The number of nitrogens with zero attached hydrogens (tertiary/aromatic N) is 5. The molecule has 0 aromatic carbocycles. The van der Waals surface area contributed by atoms with Crippen molar-refractivity contribution in [2.24, 2.45) is 24.8 Å². The van der Waals surface area contributed by atoms with E-state index in [1.165, 1.54) is 81.5 Å². The zero-order chi connectivity index (χ0) is 21.7. The first-order valence-corrected chi connectivity index (χ1v) is 12.6. The summed E-state index contributed by atoms with van der Waals surface area (Å²) >= 11 is 0. The zero-order valence-electron chi connectivity index (χ0n) is 19.2. The van der Waals surface area contributed by atoms with E-state index in [4.69, 9.17) is 4.52 Å². The Morgan fingerprint density at radius 2 is 2.00 bits per heavy atom. The first kappa shape index (κ1) is 20.6. The minimum atomic E-state index is 0.303. The predicted octanol–water partition coefficient (Wildman–Crippen LogP) is 3.65. The molecule has 3 heterocycles. The first-order chi connectivity index (χ1) is 15.6. The minimum absolute atomic E-state index is 0.303. The molecule has 0 unspecified atom stereocenters. The number of fused-ring (bicyclic) bond motifs is 1. The molecule has 4 fully saturated rings. The summed E-state index contributed by atoms with van der Waals surface area (Å²) in [7, 11) is 1.79. The van der Waals surface area contributed by atoms with Crippen LogP contribution < -0.4 is 0 Å². The summed E-state index contributed by atoms with van der Waals surface area (Å²) in [6.45, 7) is 3.62. The Balaban J connectivity index is 0.921. The highest BCUT2D eigenvalue weighted by Crippen LogP contribution is 2.59. The number of aryl methyl sites for hydroxylation is 1. The number of Topliss-reactive ketones (excluding diaryl/α,β-unsaturated/α-hetero) is 1. The molecule has 0 amide bonds. The second kappa shape index (κ2) is 8.08. The maximum absolute atomic E-state index is 12.4. The second-order valence-electron chi connectivity index (χ2n) is 11.1. The quantitative estimate of drug-likeness (QED) is 0.596. The Labute approximate surface area is 189 Å². The molecule has 1 saturated heterocycles. The van der Waals surface area contributed by atoms with Gasteiger partial charge in [-0.3, -0.25) is 4.79 Å². The van der Waals surface area contributed by atoms with Gasteiger partial charge in [-0.2, -0.15) is 15.0 Å². The number of hydrogen-bond donors (Lipinski definition) is 0. The third-order valence-electron chi connectivity index (χ3n) is 8.60.